The first-order valence-corrected chi connectivity index (χ1v) is 5.30. The number of anilines is 1. The van der Waals surface area contributed by atoms with Gasteiger partial charge >= 0.3 is 0 Å². The van der Waals surface area contributed by atoms with Crippen molar-refractivity contribution in [3.8, 4) is 0 Å². The highest BCUT2D eigenvalue weighted by molar-refractivity contribution is 5.93. The molecule has 0 aliphatic carbocycles. The fourth-order valence-electron chi connectivity index (χ4n) is 1.36. The van der Waals surface area contributed by atoms with Gasteiger partial charge in [-0.15, -0.1) is 0 Å². The molecule has 0 saturated carbocycles. The van der Waals surface area contributed by atoms with Gasteiger partial charge in [0, 0.05) is 6.04 Å². The van der Waals surface area contributed by atoms with Gasteiger partial charge in [0.1, 0.15) is 24.2 Å². The molecule has 0 radical (unpaired) electrons. The maximum Gasteiger partial charge on any atom is 0.298 e. The summed E-state index contributed by atoms with van der Waals surface area (Å²) in [5.41, 5.74) is 0.334. The van der Waals surface area contributed by atoms with E-state index in [1.165, 1.54) is 12.7 Å². The Kier molecular flexibility index (Phi) is 3.13. The van der Waals surface area contributed by atoms with Crippen LogP contribution in [0.1, 0.15) is 24.3 Å². The van der Waals surface area contributed by atoms with Crippen LogP contribution in [0.15, 0.2) is 30.9 Å². The Hall–Kier alpha value is -2.24. The van der Waals surface area contributed by atoms with Gasteiger partial charge in [-0.05, 0) is 26.0 Å². The van der Waals surface area contributed by atoms with Crippen LogP contribution in [-0.2, 0) is 0 Å². The summed E-state index contributed by atoms with van der Waals surface area (Å²) in [6.45, 7) is 4.02. The summed E-state index contributed by atoms with van der Waals surface area (Å²) in [7, 11) is 0. The van der Waals surface area contributed by atoms with Crippen molar-refractivity contribution < 1.29 is 4.79 Å². The number of pyridine rings is 1. The molecule has 6 heteroatoms. The standard InChI is InChI=1S/C11H13N5O/c1-8(2)14-10-5-3-4-9(15-10)11(17)16-7-12-6-13-16/h3-8H,1-2H3,(H,14,15). The molecule has 0 atom stereocenters. The molecule has 2 aromatic heterocycles. The SMILES string of the molecule is CC(C)Nc1cccc(C(=O)n2cncn2)n1. The second kappa shape index (κ2) is 4.73. The molecule has 17 heavy (non-hydrogen) atoms. The number of hydrogen-bond acceptors (Lipinski definition) is 5. The van der Waals surface area contributed by atoms with Gasteiger partial charge in [-0.2, -0.15) is 9.78 Å². The third-order valence-electron chi connectivity index (χ3n) is 2.03. The predicted octanol–water partition coefficient (Wildman–Crippen LogP) is 1.18. The summed E-state index contributed by atoms with van der Waals surface area (Å²) in [5.74, 6) is 0.376. The number of nitrogens with zero attached hydrogens (tertiary/aromatic N) is 4. The van der Waals surface area contributed by atoms with Crippen molar-refractivity contribution in [1.29, 1.82) is 0 Å². The zero-order valence-electron chi connectivity index (χ0n) is 9.66. The lowest BCUT2D eigenvalue weighted by Crippen LogP contribution is -2.16. The molecule has 0 fully saturated rings. The smallest absolute Gasteiger partial charge is 0.298 e. The highest BCUT2D eigenvalue weighted by Crippen LogP contribution is 2.07. The molecule has 1 N–H and O–H groups in total. The molecule has 0 spiro atoms. The van der Waals surface area contributed by atoms with E-state index >= 15 is 0 Å². The average molecular weight is 231 g/mol. The molecule has 0 bridgehead atoms. The molecule has 6 nitrogen and oxygen atoms in total. The van der Waals surface area contributed by atoms with Crippen LogP contribution in [-0.4, -0.2) is 31.7 Å². The van der Waals surface area contributed by atoms with Gasteiger partial charge in [0.2, 0.25) is 0 Å². The average Bonchev–Trinajstić information content (AvgIpc) is 2.81. The summed E-state index contributed by atoms with van der Waals surface area (Å²) in [4.78, 5) is 19.9. The van der Waals surface area contributed by atoms with E-state index in [2.05, 4.69) is 20.4 Å². The zero-order chi connectivity index (χ0) is 12.3. The third-order valence-corrected chi connectivity index (χ3v) is 2.03. The fraction of sp³-hybridized carbons (Fsp3) is 0.273. The number of carbonyl (C=O) groups excluding carboxylic acids is 1. The Morgan fingerprint density at radius 2 is 2.24 bits per heavy atom. The Morgan fingerprint density at radius 3 is 2.88 bits per heavy atom. The van der Waals surface area contributed by atoms with Crippen molar-refractivity contribution in [3.63, 3.8) is 0 Å². The number of aromatic nitrogens is 4. The predicted molar refractivity (Wildman–Crippen MR) is 62.7 cm³/mol. The summed E-state index contributed by atoms with van der Waals surface area (Å²) in [6.07, 6.45) is 2.67. The lowest BCUT2D eigenvalue weighted by atomic mass is 10.3. The molecule has 88 valence electrons. The van der Waals surface area contributed by atoms with Crippen molar-refractivity contribution in [1.82, 2.24) is 19.7 Å². The Labute approximate surface area is 98.7 Å². The minimum Gasteiger partial charge on any atom is -0.368 e. The van der Waals surface area contributed by atoms with Crippen LogP contribution in [0, 0.1) is 0 Å². The summed E-state index contributed by atoms with van der Waals surface area (Å²) >= 11 is 0. The summed E-state index contributed by atoms with van der Waals surface area (Å²) in [5, 5.41) is 6.92. The number of nitrogens with one attached hydrogen (secondary N) is 1. The van der Waals surface area contributed by atoms with Crippen molar-refractivity contribution in [2.75, 3.05) is 5.32 Å². The zero-order valence-corrected chi connectivity index (χ0v) is 9.66. The quantitative estimate of drug-likeness (QED) is 0.858. The van der Waals surface area contributed by atoms with Crippen molar-refractivity contribution >= 4 is 11.7 Å². The molecule has 0 saturated heterocycles. The van der Waals surface area contributed by atoms with E-state index < -0.39 is 0 Å². The molecule has 2 aromatic rings. The molecule has 2 rings (SSSR count). The third kappa shape index (κ3) is 2.66. The van der Waals surface area contributed by atoms with Gasteiger partial charge in [-0.1, -0.05) is 6.07 Å². The highest BCUT2D eigenvalue weighted by Gasteiger charge is 2.11. The van der Waals surface area contributed by atoms with E-state index in [4.69, 9.17) is 0 Å². The minimum atomic E-state index is -0.296. The van der Waals surface area contributed by atoms with Crippen molar-refractivity contribution in [3.05, 3.63) is 36.5 Å². The number of hydrogen-bond donors (Lipinski definition) is 1. The first-order chi connectivity index (χ1) is 8.16. The van der Waals surface area contributed by atoms with E-state index in [0.29, 0.717) is 11.5 Å². The second-order valence-electron chi connectivity index (χ2n) is 3.85. The first kappa shape index (κ1) is 11.3. The van der Waals surface area contributed by atoms with Gasteiger partial charge < -0.3 is 5.32 Å². The lowest BCUT2D eigenvalue weighted by molar-refractivity contribution is 0.0940. The largest absolute Gasteiger partial charge is 0.368 e. The summed E-state index contributed by atoms with van der Waals surface area (Å²) in [6, 6.07) is 5.51. The Morgan fingerprint density at radius 1 is 1.41 bits per heavy atom. The summed E-state index contributed by atoms with van der Waals surface area (Å²) < 4.78 is 1.15. The minimum absolute atomic E-state index is 0.263. The Bertz CT molecular complexity index is 506. The number of rotatable bonds is 3. The van der Waals surface area contributed by atoms with E-state index in [1.807, 2.05) is 19.9 Å². The molecular formula is C11H13N5O. The highest BCUT2D eigenvalue weighted by atomic mass is 16.2. The number of carbonyl (C=O) groups is 1. The molecule has 0 amide bonds. The Balaban J connectivity index is 2.24. The monoisotopic (exact) mass is 231 g/mol. The van der Waals surface area contributed by atoms with Crippen molar-refractivity contribution in [2.24, 2.45) is 0 Å². The van der Waals surface area contributed by atoms with Crippen molar-refractivity contribution in [2.45, 2.75) is 19.9 Å². The van der Waals surface area contributed by atoms with Crippen LogP contribution >= 0.6 is 0 Å². The molecule has 0 aliphatic heterocycles. The van der Waals surface area contributed by atoms with E-state index in [0.717, 1.165) is 4.68 Å². The first-order valence-electron chi connectivity index (χ1n) is 5.30. The van der Waals surface area contributed by atoms with Gasteiger partial charge in [0.05, 0.1) is 0 Å². The van der Waals surface area contributed by atoms with E-state index in [1.54, 1.807) is 12.1 Å². The molecule has 0 aliphatic rings. The maximum atomic E-state index is 11.9. The maximum absolute atomic E-state index is 11.9. The van der Waals surface area contributed by atoms with Crippen LogP contribution in [0.25, 0.3) is 0 Å². The van der Waals surface area contributed by atoms with E-state index in [9.17, 15) is 4.79 Å². The van der Waals surface area contributed by atoms with E-state index in [-0.39, 0.29) is 11.9 Å². The van der Waals surface area contributed by atoms with Crippen LogP contribution in [0.5, 0.6) is 0 Å². The molecule has 2 heterocycles. The van der Waals surface area contributed by atoms with Crippen LogP contribution in [0.2, 0.25) is 0 Å². The molecule has 0 aromatic carbocycles. The lowest BCUT2D eigenvalue weighted by Gasteiger charge is -2.09. The van der Waals surface area contributed by atoms with Gasteiger partial charge in [-0.25, -0.2) is 9.97 Å². The van der Waals surface area contributed by atoms with Crippen LogP contribution in [0.3, 0.4) is 0 Å². The van der Waals surface area contributed by atoms with Crippen LogP contribution in [0.4, 0.5) is 5.82 Å². The topological polar surface area (TPSA) is 72.7 Å². The normalized spacial score (nSPS) is 10.5. The van der Waals surface area contributed by atoms with Gasteiger partial charge in [0.15, 0.2) is 0 Å². The second-order valence-corrected chi connectivity index (χ2v) is 3.85. The molecule has 0 unspecified atom stereocenters. The van der Waals surface area contributed by atoms with Gasteiger partial charge in [-0.3, -0.25) is 4.79 Å². The van der Waals surface area contributed by atoms with Crippen LogP contribution < -0.4 is 5.32 Å². The molecular weight excluding hydrogens is 218 g/mol. The van der Waals surface area contributed by atoms with Gasteiger partial charge in [0.25, 0.3) is 5.91 Å². The fourth-order valence-corrected chi connectivity index (χ4v) is 1.36.